The normalized spacial score (nSPS) is 16.2. The third-order valence-electron chi connectivity index (χ3n) is 5.94. The number of fused-ring (bicyclic) bond motifs is 1. The molecule has 2 heterocycles. The molecule has 1 aliphatic rings. The minimum Gasteiger partial charge on any atom is -0.461 e. The van der Waals surface area contributed by atoms with Crippen LogP contribution in [0.5, 0.6) is 0 Å². The number of ether oxygens (including phenoxy) is 1. The zero-order valence-corrected chi connectivity index (χ0v) is 17.9. The fraction of sp³-hybridized carbons (Fsp3) is 0.320. The zero-order chi connectivity index (χ0) is 22.1. The molecule has 0 aliphatic carbocycles. The van der Waals surface area contributed by atoms with Crippen LogP contribution in [0.15, 0.2) is 51.7 Å². The molecule has 6 heteroatoms. The second-order valence-corrected chi connectivity index (χ2v) is 8.02. The summed E-state index contributed by atoms with van der Waals surface area (Å²) in [7, 11) is 0. The molecule has 1 amide bonds. The smallest absolute Gasteiger partial charge is 0.336 e. The van der Waals surface area contributed by atoms with Gasteiger partial charge in [-0.15, -0.1) is 0 Å². The van der Waals surface area contributed by atoms with E-state index in [-0.39, 0.29) is 18.9 Å². The standard InChI is InChI=1S/C25H25NO5/c1-4-17-7-5-6-8-21(17)26-13-18(11-23(26)27)25(29)30-14-19-12-24(28)31-22-10-16(3)15(2)9-20(19)22/h5-10,12,18H,4,11,13-14H2,1-3H3/t18-/m0/s1. The van der Waals surface area contributed by atoms with E-state index in [2.05, 4.69) is 0 Å². The van der Waals surface area contributed by atoms with Gasteiger partial charge in [0.1, 0.15) is 12.2 Å². The van der Waals surface area contributed by atoms with Crippen molar-refractivity contribution in [3.63, 3.8) is 0 Å². The number of carbonyl (C=O) groups excluding carboxylic acids is 2. The third-order valence-corrected chi connectivity index (χ3v) is 5.94. The average molecular weight is 419 g/mol. The van der Waals surface area contributed by atoms with E-state index in [9.17, 15) is 14.4 Å². The van der Waals surface area contributed by atoms with Crippen molar-refractivity contribution >= 4 is 28.5 Å². The Balaban J connectivity index is 1.51. The first-order chi connectivity index (χ1) is 14.9. The lowest BCUT2D eigenvalue weighted by Gasteiger charge is -2.19. The summed E-state index contributed by atoms with van der Waals surface area (Å²) in [5.74, 6) is -1.05. The largest absolute Gasteiger partial charge is 0.461 e. The van der Waals surface area contributed by atoms with Crippen molar-refractivity contribution in [1.82, 2.24) is 0 Å². The predicted octanol–water partition coefficient (Wildman–Crippen LogP) is 4.07. The molecule has 0 spiro atoms. The number of hydrogen-bond donors (Lipinski definition) is 0. The van der Waals surface area contributed by atoms with Gasteiger partial charge in [-0.2, -0.15) is 0 Å². The zero-order valence-electron chi connectivity index (χ0n) is 17.9. The van der Waals surface area contributed by atoms with Gasteiger partial charge in [-0.25, -0.2) is 4.79 Å². The highest BCUT2D eigenvalue weighted by atomic mass is 16.5. The molecule has 1 aromatic heterocycles. The van der Waals surface area contributed by atoms with E-state index in [1.54, 1.807) is 4.90 Å². The number of nitrogens with zero attached hydrogens (tertiary/aromatic N) is 1. The number of rotatable bonds is 5. The summed E-state index contributed by atoms with van der Waals surface area (Å²) < 4.78 is 10.8. The van der Waals surface area contributed by atoms with Gasteiger partial charge >= 0.3 is 11.6 Å². The summed E-state index contributed by atoms with van der Waals surface area (Å²) in [6, 6.07) is 12.8. The average Bonchev–Trinajstić information content (AvgIpc) is 3.14. The number of hydrogen-bond acceptors (Lipinski definition) is 5. The Morgan fingerprint density at radius 2 is 1.84 bits per heavy atom. The molecule has 160 valence electrons. The van der Waals surface area contributed by atoms with Gasteiger partial charge in [0, 0.05) is 35.7 Å². The van der Waals surface area contributed by atoms with Crippen LogP contribution in [0.3, 0.4) is 0 Å². The van der Waals surface area contributed by atoms with Crippen molar-refractivity contribution in [3.05, 3.63) is 75.1 Å². The third kappa shape index (κ3) is 4.10. The van der Waals surface area contributed by atoms with Crippen molar-refractivity contribution < 1.29 is 18.7 Å². The highest BCUT2D eigenvalue weighted by Crippen LogP contribution is 2.29. The van der Waals surface area contributed by atoms with E-state index < -0.39 is 17.5 Å². The second kappa shape index (κ2) is 8.38. The van der Waals surface area contributed by atoms with Crippen LogP contribution in [0.2, 0.25) is 0 Å². The molecule has 3 aromatic rings. The van der Waals surface area contributed by atoms with Crippen LogP contribution in [0.1, 0.15) is 35.6 Å². The molecular formula is C25H25NO5. The van der Waals surface area contributed by atoms with Gasteiger partial charge in [0.2, 0.25) is 5.91 Å². The maximum atomic E-state index is 12.7. The highest BCUT2D eigenvalue weighted by molar-refractivity contribution is 6.00. The van der Waals surface area contributed by atoms with Gasteiger partial charge in [-0.1, -0.05) is 25.1 Å². The van der Waals surface area contributed by atoms with Gasteiger partial charge in [-0.3, -0.25) is 9.59 Å². The molecule has 1 atom stereocenters. The first kappa shape index (κ1) is 20.8. The molecule has 1 fully saturated rings. The van der Waals surface area contributed by atoms with Crippen LogP contribution in [0.25, 0.3) is 11.0 Å². The van der Waals surface area contributed by atoms with Gasteiger partial charge in [-0.05, 0) is 55.2 Å². The van der Waals surface area contributed by atoms with Crippen molar-refractivity contribution in [3.8, 4) is 0 Å². The molecule has 31 heavy (non-hydrogen) atoms. The number of anilines is 1. The molecular weight excluding hydrogens is 394 g/mol. The summed E-state index contributed by atoms with van der Waals surface area (Å²) in [5, 5.41) is 0.747. The summed E-state index contributed by atoms with van der Waals surface area (Å²) in [4.78, 5) is 38.9. The fourth-order valence-corrected chi connectivity index (χ4v) is 4.04. The Morgan fingerprint density at radius 1 is 1.10 bits per heavy atom. The Morgan fingerprint density at radius 3 is 2.61 bits per heavy atom. The van der Waals surface area contributed by atoms with Gasteiger partial charge < -0.3 is 14.1 Å². The lowest BCUT2D eigenvalue weighted by atomic mass is 10.0. The molecule has 2 aromatic carbocycles. The van der Waals surface area contributed by atoms with Crippen molar-refractivity contribution in [2.75, 3.05) is 11.4 Å². The molecule has 4 rings (SSSR count). The first-order valence-corrected chi connectivity index (χ1v) is 10.5. The molecule has 6 nitrogen and oxygen atoms in total. The van der Waals surface area contributed by atoms with Gasteiger partial charge in [0.05, 0.1) is 5.92 Å². The predicted molar refractivity (Wildman–Crippen MR) is 118 cm³/mol. The Kier molecular flexibility index (Phi) is 5.63. The fourth-order valence-electron chi connectivity index (χ4n) is 4.04. The molecule has 1 saturated heterocycles. The number of carbonyl (C=O) groups is 2. The molecule has 0 bridgehead atoms. The van der Waals surface area contributed by atoms with Crippen LogP contribution in [-0.2, 0) is 27.4 Å². The maximum absolute atomic E-state index is 12.7. The van der Waals surface area contributed by atoms with Crippen molar-refractivity contribution in [2.24, 2.45) is 5.92 Å². The molecule has 0 saturated carbocycles. The Labute approximate surface area is 180 Å². The van der Waals surface area contributed by atoms with E-state index in [4.69, 9.17) is 9.15 Å². The number of aryl methyl sites for hydroxylation is 3. The topological polar surface area (TPSA) is 76.8 Å². The number of benzene rings is 2. The second-order valence-electron chi connectivity index (χ2n) is 8.02. The number of esters is 1. The monoisotopic (exact) mass is 419 g/mol. The Hall–Kier alpha value is -3.41. The van der Waals surface area contributed by atoms with E-state index in [0.29, 0.717) is 17.7 Å². The van der Waals surface area contributed by atoms with Crippen LogP contribution in [-0.4, -0.2) is 18.4 Å². The van der Waals surface area contributed by atoms with E-state index >= 15 is 0 Å². The summed E-state index contributed by atoms with van der Waals surface area (Å²) in [6.45, 7) is 6.21. The van der Waals surface area contributed by atoms with Crippen molar-refractivity contribution in [1.29, 1.82) is 0 Å². The van der Waals surface area contributed by atoms with Crippen LogP contribution in [0, 0.1) is 19.8 Å². The van der Waals surface area contributed by atoms with Crippen LogP contribution in [0.4, 0.5) is 5.69 Å². The number of amides is 1. The highest BCUT2D eigenvalue weighted by Gasteiger charge is 2.36. The Bertz CT molecular complexity index is 1230. The SMILES string of the molecule is CCc1ccccc1N1C[C@@H](C(=O)OCc2cc(=O)oc3cc(C)c(C)cc23)CC1=O. The van der Waals surface area contributed by atoms with Crippen molar-refractivity contribution in [2.45, 2.75) is 40.2 Å². The quantitative estimate of drug-likeness (QED) is 0.460. The minimum atomic E-state index is -0.534. The van der Waals surface area contributed by atoms with E-state index in [1.165, 1.54) is 6.07 Å². The minimum absolute atomic E-state index is 0.0420. The van der Waals surface area contributed by atoms with E-state index in [1.807, 2.05) is 57.2 Å². The van der Waals surface area contributed by atoms with E-state index in [0.717, 1.165) is 34.2 Å². The summed E-state index contributed by atoms with van der Waals surface area (Å²) >= 11 is 0. The lowest BCUT2D eigenvalue weighted by molar-refractivity contribution is -0.149. The first-order valence-electron chi connectivity index (χ1n) is 10.5. The van der Waals surface area contributed by atoms with Crippen LogP contribution >= 0.6 is 0 Å². The molecule has 0 radical (unpaired) electrons. The van der Waals surface area contributed by atoms with Gasteiger partial charge in [0.15, 0.2) is 0 Å². The molecule has 0 unspecified atom stereocenters. The van der Waals surface area contributed by atoms with Crippen LogP contribution < -0.4 is 10.5 Å². The summed E-state index contributed by atoms with van der Waals surface area (Å²) in [5.41, 5.74) is 4.57. The lowest BCUT2D eigenvalue weighted by Crippen LogP contribution is -2.27. The van der Waals surface area contributed by atoms with Gasteiger partial charge in [0.25, 0.3) is 0 Å². The molecule has 0 N–H and O–H groups in total. The molecule has 1 aliphatic heterocycles. The number of para-hydroxylation sites is 1. The maximum Gasteiger partial charge on any atom is 0.336 e. The summed E-state index contributed by atoms with van der Waals surface area (Å²) in [6.07, 6.45) is 0.921.